The molecule has 0 spiro atoms. The second-order valence-electron chi connectivity index (χ2n) is 7.62. The summed E-state index contributed by atoms with van der Waals surface area (Å²) >= 11 is 9.36. The number of thiophene rings is 1. The van der Waals surface area contributed by atoms with Gasteiger partial charge in [-0.25, -0.2) is 4.98 Å². The van der Waals surface area contributed by atoms with Gasteiger partial charge >= 0.3 is 0 Å². The normalized spacial score (nSPS) is 13.4. The van der Waals surface area contributed by atoms with Crippen LogP contribution in [0.15, 0.2) is 28.2 Å². The molecule has 0 aliphatic heterocycles. The van der Waals surface area contributed by atoms with Crippen molar-refractivity contribution >= 4 is 56.8 Å². The zero-order valence-corrected chi connectivity index (χ0v) is 19.6. The van der Waals surface area contributed by atoms with E-state index in [2.05, 4.69) is 15.0 Å². The average molecular weight is 486 g/mol. The van der Waals surface area contributed by atoms with Crippen LogP contribution < -0.4 is 17.0 Å². The summed E-state index contributed by atoms with van der Waals surface area (Å²) in [4.78, 5) is 32.8. The topological polar surface area (TPSA) is 126 Å². The summed E-state index contributed by atoms with van der Waals surface area (Å²) in [6.45, 7) is 1.93. The number of anilines is 2. The van der Waals surface area contributed by atoms with E-state index in [1.807, 2.05) is 19.1 Å². The molecule has 1 aliphatic rings. The maximum atomic E-state index is 13.8. The lowest BCUT2D eigenvalue weighted by Crippen LogP contribution is -2.22. The van der Waals surface area contributed by atoms with Gasteiger partial charge in [-0.05, 0) is 55.9 Å². The fourth-order valence-corrected chi connectivity index (χ4v) is 6.23. The van der Waals surface area contributed by atoms with Gasteiger partial charge in [0.2, 0.25) is 11.9 Å². The van der Waals surface area contributed by atoms with Crippen molar-refractivity contribution in [1.29, 1.82) is 0 Å². The van der Waals surface area contributed by atoms with Gasteiger partial charge in [0.15, 0.2) is 5.16 Å². The molecule has 0 radical (unpaired) electrons. The summed E-state index contributed by atoms with van der Waals surface area (Å²) in [5.41, 5.74) is 14.1. The molecule has 0 saturated heterocycles. The van der Waals surface area contributed by atoms with Crippen molar-refractivity contribution in [3.8, 4) is 5.69 Å². The van der Waals surface area contributed by atoms with E-state index in [-0.39, 0.29) is 17.5 Å². The minimum absolute atomic E-state index is 0.0603. The maximum Gasteiger partial charge on any atom is 0.267 e. The number of halogens is 1. The van der Waals surface area contributed by atoms with Crippen molar-refractivity contribution in [2.24, 2.45) is 0 Å². The second kappa shape index (κ2) is 8.34. The molecule has 4 aromatic rings. The molecule has 3 heterocycles. The van der Waals surface area contributed by atoms with Crippen LogP contribution in [0.4, 0.5) is 11.9 Å². The van der Waals surface area contributed by atoms with E-state index in [1.54, 1.807) is 22.0 Å². The Morgan fingerprint density at radius 1 is 1.12 bits per heavy atom. The number of nitrogens with zero attached hydrogens (tertiary/aromatic N) is 5. The third-order valence-electron chi connectivity index (χ3n) is 5.42. The Labute approximate surface area is 197 Å². The molecular formula is C21H20ClN7OS2. The standard InChI is InChI=1S/C21H20ClN7OS2/c1-10-6-7-11(8-13(10)22)29-18(30)16-12-4-2-3-5-14(12)32-17(16)27-21(29)31-9-15-25-19(23)28-20(24)26-15/h6-8H,2-5,9H2,1H3,(H4,23,24,25,26,28). The van der Waals surface area contributed by atoms with Crippen LogP contribution in [0.25, 0.3) is 15.9 Å². The van der Waals surface area contributed by atoms with Crippen LogP contribution in [0, 0.1) is 6.92 Å². The van der Waals surface area contributed by atoms with Crippen LogP contribution in [0.5, 0.6) is 0 Å². The van der Waals surface area contributed by atoms with Crippen molar-refractivity contribution in [3.05, 3.63) is 55.4 Å². The largest absolute Gasteiger partial charge is 0.368 e. The molecule has 4 N–H and O–H groups in total. The summed E-state index contributed by atoms with van der Waals surface area (Å²) in [7, 11) is 0. The molecule has 5 rings (SSSR count). The number of nitrogen functional groups attached to an aromatic ring is 2. The van der Waals surface area contributed by atoms with Gasteiger partial charge < -0.3 is 11.5 Å². The molecule has 0 saturated carbocycles. The molecule has 164 valence electrons. The smallest absolute Gasteiger partial charge is 0.267 e. The van der Waals surface area contributed by atoms with Crippen molar-refractivity contribution in [2.45, 2.75) is 43.5 Å². The van der Waals surface area contributed by atoms with E-state index in [0.717, 1.165) is 47.0 Å². The lowest BCUT2D eigenvalue weighted by Gasteiger charge is -2.14. The molecular weight excluding hydrogens is 466 g/mol. The lowest BCUT2D eigenvalue weighted by atomic mass is 9.97. The Morgan fingerprint density at radius 2 is 1.88 bits per heavy atom. The number of aryl methyl sites for hydroxylation is 3. The number of nitrogens with two attached hydrogens (primary N) is 2. The van der Waals surface area contributed by atoms with E-state index in [0.29, 0.717) is 27.4 Å². The Hall–Kier alpha value is -2.69. The number of aromatic nitrogens is 5. The Balaban J connectivity index is 1.67. The highest BCUT2D eigenvalue weighted by Gasteiger charge is 2.23. The van der Waals surface area contributed by atoms with E-state index < -0.39 is 0 Å². The first-order chi connectivity index (χ1) is 15.4. The summed E-state index contributed by atoms with van der Waals surface area (Å²) in [5.74, 6) is 0.878. The molecule has 1 aromatic carbocycles. The number of thioether (sulfide) groups is 1. The summed E-state index contributed by atoms with van der Waals surface area (Å²) in [6, 6.07) is 5.59. The monoisotopic (exact) mass is 485 g/mol. The molecule has 0 atom stereocenters. The number of hydrogen-bond donors (Lipinski definition) is 2. The summed E-state index contributed by atoms with van der Waals surface area (Å²) in [5, 5.41) is 1.86. The van der Waals surface area contributed by atoms with Crippen LogP contribution in [0.2, 0.25) is 5.02 Å². The first kappa shape index (κ1) is 21.2. The highest BCUT2D eigenvalue weighted by atomic mass is 35.5. The Morgan fingerprint density at radius 3 is 2.62 bits per heavy atom. The van der Waals surface area contributed by atoms with Gasteiger partial charge in [0.05, 0.1) is 16.8 Å². The quantitative estimate of drug-likeness (QED) is 0.329. The van der Waals surface area contributed by atoms with E-state index in [9.17, 15) is 4.79 Å². The molecule has 0 fully saturated rings. The average Bonchev–Trinajstić information content (AvgIpc) is 3.12. The predicted octanol–water partition coefficient (Wildman–Crippen LogP) is 3.93. The van der Waals surface area contributed by atoms with Crippen LogP contribution >= 0.6 is 34.7 Å². The Bertz CT molecular complexity index is 1400. The SMILES string of the molecule is Cc1ccc(-n2c(SCc3nc(N)nc(N)n3)nc3sc4c(c3c2=O)CCCC4)cc1Cl. The van der Waals surface area contributed by atoms with Crippen molar-refractivity contribution in [1.82, 2.24) is 24.5 Å². The van der Waals surface area contributed by atoms with Gasteiger partial charge in [-0.3, -0.25) is 9.36 Å². The van der Waals surface area contributed by atoms with Crippen molar-refractivity contribution in [3.63, 3.8) is 0 Å². The zero-order valence-electron chi connectivity index (χ0n) is 17.3. The molecule has 1 aliphatic carbocycles. The van der Waals surface area contributed by atoms with Gasteiger partial charge in [0.1, 0.15) is 10.7 Å². The number of benzene rings is 1. The third kappa shape index (κ3) is 3.82. The van der Waals surface area contributed by atoms with Gasteiger partial charge in [0.25, 0.3) is 5.56 Å². The lowest BCUT2D eigenvalue weighted by molar-refractivity contribution is 0.699. The van der Waals surface area contributed by atoms with Gasteiger partial charge in [-0.15, -0.1) is 11.3 Å². The zero-order chi connectivity index (χ0) is 22.4. The van der Waals surface area contributed by atoms with Crippen LogP contribution in [0.1, 0.15) is 34.7 Å². The van der Waals surface area contributed by atoms with Gasteiger partial charge in [-0.1, -0.05) is 29.4 Å². The summed E-state index contributed by atoms with van der Waals surface area (Å²) < 4.78 is 1.63. The van der Waals surface area contributed by atoms with Crippen molar-refractivity contribution < 1.29 is 0 Å². The molecule has 11 heteroatoms. The van der Waals surface area contributed by atoms with E-state index >= 15 is 0 Å². The fraction of sp³-hybridized carbons (Fsp3) is 0.286. The highest BCUT2D eigenvalue weighted by molar-refractivity contribution is 7.98. The highest BCUT2D eigenvalue weighted by Crippen LogP contribution is 2.35. The number of hydrogen-bond acceptors (Lipinski definition) is 9. The molecule has 0 bridgehead atoms. The molecule has 0 amide bonds. The van der Waals surface area contributed by atoms with Gasteiger partial charge in [0, 0.05) is 9.90 Å². The van der Waals surface area contributed by atoms with E-state index in [1.165, 1.54) is 16.6 Å². The first-order valence-corrected chi connectivity index (χ1v) is 12.3. The fourth-order valence-electron chi connectivity index (χ4n) is 3.88. The third-order valence-corrected chi connectivity index (χ3v) is 7.95. The van der Waals surface area contributed by atoms with E-state index in [4.69, 9.17) is 28.1 Å². The maximum absolute atomic E-state index is 13.8. The molecule has 8 nitrogen and oxygen atoms in total. The minimum atomic E-state index is -0.0773. The van der Waals surface area contributed by atoms with Gasteiger partial charge in [-0.2, -0.15) is 15.0 Å². The first-order valence-electron chi connectivity index (χ1n) is 10.1. The second-order valence-corrected chi connectivity index (χ2v) is 10.0. The number of fused-ring (bicyclic) bond motifs is 3. The Kier molecular flexibility index (Phi) is 5.52. The van der Waals surface area contributed by atoms with Crippen LogP contribution in [0.3, 0.4) is 0 Å². The minimum Gasteiger partial charge on any atom is -0.368 e. The number of rotatable bonds is 4. The summed E-state index contributed by atoms with van der Waals surface area (Å²) in [6.07, 6.45) is 4.15. The molecule has 3 aromatic heterocycles. The predicted molar refractivity (Wildman–Crippen MR) is 130 cm³/mol. The molecule has 0 unspecified atom stereocenters. The molecule has 32 heavy (non-hydrogen) atoms. The van der Waals surface area contributed by atoms with Crippen molar-refractivity contribution in [2.75, 3.05) is 11.5 Å². The van der Waals surface area contributed by atoms with Crippen LogP contribution in [-0.4, -0.2) is 24.5 Å². The van der Waals surface area contributed by atoms with Crippen LogP contribution in [-0.2, 0) is 18.6 Å².